The van der Waals surface area contributed by atoms with Crippen LogP contribution in [-0.2, 0) is 17.9 Å². The first-order valence-corrected chi connectivity index (χ1v) is 7.55. The summed E-state index contributed by atoms with van der Waals surface area (Å²) in [5.74, 6) is -0.589. The van der Waals surface area contributed by atoms with Crippen molar-refractivity contribution in [2.45, 2.75) is 46.2 Å². The number of hydrogen-bond acceptors (Lipinski definition) is 3. The molecule has 5 nitrogen and oxygen atoms in total. The first-order chi connectivity index (χ1) is 10.3. The van der Waals surface area contributed by atoms with Crippen LogP contribution in [0.4, 0.5) is 8.78 Å². The topological polar surface area (TPSA) is 58.4 Å². The Balaban J connectivity index is 1.85. The highest BCUT2D eigenvalue weighted by molar-refractivity contribution is 5.74. The van der Waals surface area contributed by atoms with Crippen molar-refractivity contribution < 1.29 is 18.7 Å². The van der Waals surface area contributed by atoms with Gasteiger partial charge in [-0.05, 0) is 51.8 Å². The summed E-state index contributed by atoms with van der Waals surface area (Å²) in [6.45, 7) is 5.42. The zero-order valence-corrected chi connectivity index (χ0v) is 13.0. The summed E-state index contributed by atoms with van der Waals surface area (Å²) < 4.78 is 25.8. The number of aliphatic carboxylic acids is 1. The molecule has 22 heavy (non-hydrogen) atoms. The number of alkyl halides is 2. The van der Waals surface area contributed by atoms with E-state index in [4.69, 9.17) is 0 Å². The molecule has 1 saturated heterocycles. The molecule has 2 heterocycles. The van der Waals surface area contributed by atoms with Gasteiger partial charge in [0, 0.05) is 12.7 Å². The fourth-order valence-corrected chi connectivity index (χ4v) is 2.95. The number of carboxylic acids is 1. The van der Waals surface area contributed by atoms with Crippen molar-refractivity contribution in [2.75, 3.05) is 13.1 Å². The van der Waals surface area contributed by atoms with Gasteiger partial charge in [-0.3, -0.25) is 14.4 Å². The fourth-order valence-electron chi connectivity index (χ4n) is 2.95. The average molecular weight is 315 g/mol. The zero-order valence-electron chi connectivity index (χ0n) is 13.0. The lowest BCUT2D eigenvalue weighted by Gasteiger charge is -2.38. The van der Waals surface area contributed by atoms with E-state index in [1.54, 1.807) is 26.1 Å². The molecule has 1 fully saturated rings. The molecular weight excluding hydrogens is 292 g/mol. The Labute approximate surface area is 128 Å². The highest BCUT2D eigenvalue weighted by atomic mass is 19.3. The molecule has 0 unspecified atom stereocenters. The van der Waals surface area contributed by atoms with Crippen molar-refractivity contribution in [3.63, 3.8) is 0 Å². The molecule has 1 aromatic rings. The van der Waals surface area contributed by atoms with E-state index in [-0.39, 0.29) is 12.5 Å². The van der Waals surface area contributed by atoms with E-state index in [1.165, 1.54) is 4.68 Å². The summed E-state index contributed by atoms with van der Waals surface area (Å²) in [6.07, 6.45) is 0.831. The van der Waals surface area contributed by atoms with Gasteiger partial charge in [-0.25, -0.2) is 8.78 Å². The second kappa shape index (κ2) is 6.73. The van der Waals surface area contributed by atoms with E-state index in [1.807, 2.05) is 0 Å². The molecule has 124 valence electrons. The van der Waals surface area contributed by atoms with Gasteiger partial charge in [-0.2, -0.15) is 5.10 Å². The van der Waals surface area contributed by atoms with Gasteiger partial charge in [-0.15, -0.1) is 0 Å². The number of halogens is 2. The summed E-state index contributed by atoms with van der Waals surface area (Å²) in [5, 5.41) is 13.4. The van der Waals surface area contributed by atoms with E-state index in [0.29, 0.717) is 6.54 Å². The van der Waals surface area contributed by atoms with E-state index >= 15 is 0 Å². The fraction of sp³-hybridized carbons (Fsp3) is 0.733. The molecule has 1 aromatic heterocycles. The van der Waals surface area contributed by atoms with Crippen molar-refractivity contribution in [3.05, 3.63) is 18.0 Å². The van der Waals surface area contributed by atoms with E-state index in [0.717, 1.165) is 31.6 Å². The third kappa shape index (κ3) is 4.03. The minimum atomic E-state index is -2.40. The van der Waals surface area contributed by atoms with Crippen LogP contribution in [0.2, 0.25) is 0 Å². The Morgan fingerprint density at radius 1 is 1.45 bits per heavy atom. The second-order valence-corrected chi connectivity index (χ2v) is 6.50. The van der Waals surface area contributed by atoms with Crippen LogP contribution >= 0.6 is 0 Å². The predicted molar refractivity (Wildman–Crippen MR) is 77.6 cm³/mol. The van der Waals surface area contributed by atoms with Gasteiger partial charge in [0.15, 0.2) is 0 Å². The van der Waals surface area contributed by atoms with Gasteiger partial charge < -0.3 is 5.11 Å². The molecule has 0 spiro atoms. The minimum Gasteiger partial charge on any atom is -0.481 e. The molecule has 1 aliphatic heterocycles. The lowest BCUT2D eigenvalue weighted by Crippen LogP contribution is -2.41. The number of aromatic nitrogens is 2. The van der Waals surface area contributed by atoms with Gasteiger partial charge >= 0.3 is 5.97 Å². The van der Waals surface area contributed by atoms with Crippen LogP contribution in [0.1, 0.15) is 32.4 Å². The highest BCUT2D eigenvalue weighted by Crippen LogP contribution is 2.35. The van der Waals surface area contributed by atoms with Gasteiger partial charge in [0.1, 0.15) is 6.54 Å². The van der Waals surface area contributed by atoms with Crippen molar-refractivity contribution in [1.82, 2.24) is 14.7 Å². The summed E-state index contributed by atoms with van der Waals surface area (Å²) in [4.78, 5) is 13.5. The molecular formula is C15H23F2N3O2. The maximum atomic E-state index is 12.3. The van der Waals surface area contributed by atoms with Crippen LogP contribution in [-0.4, -0.2) is 45.3 Å². The Bertz CT molecular complexity index is 509. The molecule has 7 heteroatoms. The predicted octanol–water partition coefficient (Wildman–Crippen LogP) is 2.47. The largest absolute Gasteiger partial charge is 0.481 e. The molecule has 0 atom stereocenters. The van der Waals surface area contributed by atoms with Crippen LogP contribution in [0, 0.1) is 11.3 Å². The smallest absolute Gasteiger partial charge is 0.309 e. The zero-order chi connectivity index (χ0) is 16.3. The quantitative estimate of drug-likeness (QED) is 0.876. The van der Waals surface area contributed by atoms with E-state index in [2.05, 4.69) is 10.00 Å². The third-order valence-electron chi connectivity index (χ3n) is 4.57. The Morgan fingerprint density at radius 2 is 2.09 bits per heavy atom. The number of nitrogens with zero attached hydrogens (tertiary/aromatic N) is 3. The average Bonchev–Trinajstić information content (AvgIpc) is 2.85. The van der Waals surface area contributed by atoms with Crippen LogP contribution < -0.4 is 0 Å². The van der Waals surface area contributed by atoms with E-state index in [9.17, 15) is 18.7 Å². The molecule has 1 N–H and O–H groups in total. The van der Waals surface area contributed by atoms with Crippen LogP contribution in [0.3, 0.4) is 0 Å². The molecule has 0 bridgehead atoms. The number of piperidine rings is 1. The monoisotopic (exact) mass is 315 g/mol. The maximum absolute atomic E-state index is 12.3. The van der Waals surface area contributed by atoms with Crippen molar-refractivity contribution in [1.29, 1.82) is 0 Å². The number of carbonyl (C=O) groups is 1. The summed E-state index contributed by atoms with van der Waals surface area (Å²) in [6, 6.07) is 1.76. The van der Waals surface area contributed by atoms with Crippen LogP contribution in [0.5, 0.6) is 0 Å². The Morgan fingerprint density at radius 3 is 2.64 bits per heavy atom. The van der Waals surface area contributed by atoms with Gasteiger partial charge in [0.2, 0.25) is 0 Å². The molecule has 1 aliphatic rings. The van der Waals surface area contributed by atoms with Crippen LogP contribution in [0.25, 0.3) is 0 Å². The van der Waals surface area contributed by atoms with Gasteiger partial charge in [-0.1, -0.05) is 0 Å². The van der Waals surface area contributed by atoms with Gasteiger partial charge in [0.25, 0.3) is 6.43 Å². The lowest BCUT2D eigenvalue weighted by molar-refractivity contribution is -0.151. The second-order valence-electron chi connectivity index (χ2n) is 6.50. The van der Waals surface area contributed by atoms with Crippen LogP contribution in [0.15, 0.2) is 12.3 Å². The molecule has 0 radical (unpaired) electrons. The Hall–Kier alpha value is -1.50. The normalized spacial score (nSPS) is 18.0. The highest BCUT2D eigenvalue weighted by Gasteiger charge is 2.38. The molecule has 0 saturated carbocycles. The summed E-state index contributed by atoms with van der Waals surface area (Å²) >= 11 is 0. The Kier molecular flexibility index (Phi) is 5.16. The number of hydrogen-bond donors (Lipinski definition) is 1. The lowest BCUT2D eigenvalue weighted by atomic mass is 9.74. The molecule has 0 aromatic carbocycles. The first-order valence-electron chi connectivity index (χ1n) is 7.55. The summed E-state index contributed by atoms with van der Waals surface area (Å²) in [5.41, 5.74) is 0.0712. The van der Waals surface area contributed by atoms with Crippen molar-refractivity contribution >= 4 is 5.97 Å². The molecule has 2 rings (SSSR count). The number of carboxylic acid groups (broad SMARTS) is 1. The third-order valence-corrected chi connectivity index (χ3v) is 4.57. The first kappa shape index (κ1) is 16.9. The number of likely N-dealkylation sites (tertiary alicyclic amines) is 1. The SMILES string of the molecule is CC(C)(C(=O)O)C1CCN(Cc2ccn(CC(F)F)n2)CC1. The molecule has 0 amide bonds. The van der Waals surface area contributed by atoms with Crippen molar-refractivity contribution in [2.24, 2.45) is 11.3 Å². The van der Waals surface area contributed by atoms with Crippen molar-refractivity contribution in [3.8, 4) is 0 Å². The number of rotatable bonds is 6. The summed E-state index contributed by atoms with van der Waals surface area (Å²) in [7, 11) is 0. The van der Waals surface area contributed by atoms with Gasteiger partial charge in [0.05, 0.1) is 11.1 Å². The standard InChI is InChI=1S/C15H23F2N3O2/c1-15(2,14(21)22)11-3-6-19(7-4-11)9-12-5-8-20(18-12)10-13(16)17/h5,8,11,13H,3-4,6-7,9-10H2,1-2H3,(H,21,22). The maximum Gasteiger partial charge on any atom is 0.309 e. The molecule has 0 aliphatic carbocycles. The van der Waals surface area contributed by atoms with E-state index < -0.39 is 17.8 Å². The minimum absolute atomic E-state index is 0.164.